The Bertz CT molecular complexity index is 1960. The lowest BCUT2D eigenvalue weighted by molar-refractivity contribution is -0.0712. The predicted molar refractivity (Wildman–Crippen MR) is 164 cm³/mol. The second kappa shape index (κ2) is 11.0. The van der Waals surface area contributed by atoms with Crippen molar-refractivity contribution in [1.82, 2.24) is 24.6 Å². The number of benzene rings is 3. The molecule has 12 heteroatoms. The third-order valence-electron chi connectivity index (χ3n) is 9.14. The van der Waals surface area contributed by atoms with E-state index in [9.17, 15) is 9.18 Å². The molecular formula is C33H31ClFN5O5. The summed E-state index contributed by atoms with van der Waals surface area (Å²) in [7, 11) is 0. The molecule has 0 spiro atoms. The number of aromatic amines is 1. The minimum atomic E-state index is -1.28. The smallest absolute Gasteiger partial charge is 0.439 e. The zero-order valence-corrected chi connectivity index (χ0v) is 25.3. The number of likely N-dealkylation sites (tertiary alicyclic amines) is 1. The van der Waals surface area contributed by atoms with E-state index in [4.69, 9.17) is 35.3 Å². The number of ether oxygens (including phenoxy) is 3. The summed E-state index contributed by atoms with van der Waals surface area (Å²) in [5.41, 5.74) is 3.99. The van der Waals surface area contributed by atoms with E-state index in [1.165, 1.54) is 6.07 Å². The summed E-state index contributed by atoms with van der Waals surface area (Å²) in [6.07, 6.45) is 3.03. The van der Waals surface area contributed by atoms with Crippen molar-refractivity contribution in [3.8, 4) is 22.9 Å². The molecule has 2 saturated heterocycles. The van der Waals surface area contributed by atoms with Gasteiger partial charge in [0.05, 0.1) is 35.8 Å². The Morgan fingerprint density at radius 2 is 1.93 bits per heavy atom. The molecule has 3 aliphatic heterocycles. The zero-order chi connectivity index (χ0) is 30.7. The SMILES string of the molecule is C[C@@]1(c2ccc(Cl)cc2F)Oc2cccc(C3CCN(Cc4nc5ccc(-c6noc(=O)[nH]6)cc5n4C[C@@H]4CCO4)CC3)c2O1. The molecule has 0 saturated carbocycles. The van der Waals surface area contributed by atoms with Gasteiger partial charge >= 0.3 is 5.76 Å². The van der Waals surface area contributed by atoms with Gasteiger partial charge in [0.25, 0.3) is 5.79 Å². The molecule has 0 amide bonds. The Morgan fingerprint density at radius 1 is 1.09 bits per heavy atom. The standard InChI is InChI=1S/C33H31ClFN5O5/c1-33(24-7-6-21(34)16-25(24)35)43-28-4-2-3-23(30(28)44-33)19-9-12-39(13-10-19)18-29-36-26-8-5-20(31-37-32(41)45-38-31)15-27(26)40(29)17-22-11-14-42-22/h2-8,15-16,19,22H,9-14,17-18H2,1H3,(H,37,38,41)/t22-,33+/m0/s1. The van der Waals surface area contributed by atoms with Crippen molar-refractivity contribution in [3.05, 3.63) is 92.9 Å². The molecule has 1 N–H and O–H groups in total. The van der Waals surface area contributed by atoms with Crippen LogP contribution in [-0.4, -0.2) is 50.4 Å². The Kier molecular flexibility index (Phi) is 6.92. The van der Waals surface area contributed by atoms with Gasteiger partial charge in [0.15, 0.2) is 17.3 Å². The van der Waals surface area contributed by atoms with Gasteiger partial charge in [-0.25, -0.2) is 14.2 Å². The van der Waals surface area contributed by atoms with Gasteiger partial charge in [-0.3, -0.25) is 14.4 Å². The molecule has 0 bridgehead atoms. The van der Waals surface area contributed by atoms with Crippen molar-refractivity contribution in [3.63, 3.8) is 0 Å². The lowest BCUT2D eigenvalue weighted by Gasteiger charge is -2.33. The molecular weight excluding hydrogens is 601 g/mol. The second-order valence-electron chi connectivity index (χ2n) is 12.1. The summed E-state index contributed by atoms with van der Waals surface area (Å²) in [4.78, 5) is 21.6. The van der Waals surface area contributed by atoms with E-state index in [1.807, 2.05) is 30.3 Å². The minimum absolute atomic E-state index is 0.150. The number of hydrogen-bond donors (Lipinski definition) is 1. The van der Waals surface area contributed by atoms with Crippen molar-refractivity contribution in [2.45, 2.75) is 57.1 Å². The maximum absolute atomic E-state index is 14.9. The summed E-state index contributed by atoms with van der Waals surface area (Å²) >= 11 is 5.99. The number of rotatable bonds is 7. The number of H-pyrrole nitrogens is 1. The number of hydrogen-bond acceptors (Lipinski definition) is 8. The van der Waals surface area contributed by atoms with Crippen molar-refractivity contribution < 1.29 is 23.1 Å². The Morgan fingerprint density at radius 3 is 2.67 bits per heavy atom. The van der Waals surface area contributed by atoms with Gasteiger partial charge in [-0.1, -0.05) is 28.9 Å². The number of imidazole rings is 1. The first-order chi connectivity index (χ1) is 21.8. The first kappa shape index (κ1) is 28.3. The highest BCUT2D eigenvalue weighted by Crippen LogP contribution is 2.50. The average Bonchev–Trinajstić information content (AvgIpc) is 3.69. The lowest BCUT2D eigenvalue weighted by atomic mass is 9.88. The number of nitrogens with one attached hydrogen (secondary N) is 1. The lowest BCUT2D eigenvalue weighted by Crippen LogP contribution is -2.35. The fourth-order valence-corrected chi connectivity index (χ4v) is 6.83. The molecule has 8 rings (SSSR count). The number of para-hydroxylation sites is 1. The maximum Gasteiger partial charge on any atom is 0.439 e. The third-order valence-corrected chi connectivity index (χ3v) is 9.38. The molecule has 0 aliphatic carbocycles. The van der Waals surface area contributed by atoms with Gasteiger partial charge in [-0.15, -0.1) is 0 Å². The molecule has 45 heavy (non-hydrogen) atoms. The van der Waals surface area contributed by atoms with E-state index in [0.29, 0.717) is 41.0 Å². The van der Waals surface area contributed by atoms with Gasteiger partial charge in [-0.2, -0.15) is 0 Å². The highest BCUT2D eigenvalue weighted by Gasteiger charge is 2.43. The largest absolute Gasteiger partial charge is 0.444 e. The molecule has 232 valence electrons. The van der Waals surface area contributed by atoms with E-state index < -0.39 is 17.4 Å². The molecule has 2 atom stereocenters. The highest BCUT2D eigenvalue weighted by atomic mass is 35.5. The summed E-state index contributed by atoms with van der Waals surface area (Å²) in [6, 6.07) is 16.3. The first-order valence-electron chi connectivity index (χ1n) is 15.2. The van der Waals surface area contributed by atoms with E-state index in [0.717, 1.165) is 66.9 Å². The average molecular weight is 632 g/mol. The molecule has 0 radical (unpaired) electrons. The van der Waals surface area contributed by atoms with E-state index in [2.05, 4.69) is 25.7 Å². The molecule has 3 aromatic carbocycles. The number of nitrogens with zero attached hydrogens (tertiary/aromatic N) is 4. The highest BCUT2D eigenvalue weighted by molar-refractivity contribution is 6.30. The molecule has 0 unspecified atom stereocenters. The third kappa shape index (κ3) is 5.18. The second-order valence-corrected chi connectivity index (χ2v) is 12.5. The van der Waals surface area contributed by atoms with Crippen LogP contribution >= 0.6 is 11.6 Å². The molecule has 10 nitrogen and oxygen atoms in total. The topological polar surface area (TPSA) is 108 Å². The molecule has 2 fully saturated rings. The van der Waals surface area contributed by atoms with E-state index >= 15 is 0 Å². The van der Waals surface area contributed by atoms with Crippen molar-refractivity contribution >= 4 is 22.6 Å². The van der Waals surface area contributed by atoms with Crippen LogP contribution in [0.25, 0.3) is 22.4 Å². The van der Waals surface area contributed by atoms with Crippen molar-refractivity contribution in [1.29, 1.82) is 0 Å². The van der Waals surface area contributed by atoms with Crippen LogP contribution in [0.4, 0.5) is 4.39 Å². The van der Waals surface area contributed by atoms with Gasteiger partial charge < -0.3 is 18.8 Å². The molecule has 5 aromatic rings. The van der Waals surface area contributed by atoms with Gasteiger partial charge in [0.2, 0.25) is 0 Å². The van der Waals surface area contributed by atoms with Crippen molar-refractivity contribution in [2.75, 3.05) is 19.7 Å². The quantitative estimate of drug-likeness (QED) is 0.234. The fraction of sp³-hybridized carbons (Fsp3) is 0.364. The fourth-order valence-electron chi connectivity index (χ4n) is 6.67. The van der Waals surface area contributed by atoms with E-state index in [1.54, 1.807) is 19.1 Å². The Balaban J connectivity index is 1.00. The molecule has 3 aliphatic rings. The maximum atomic E-state index is 14.9. The Labute approximate surface area is 262 Å². The number of aromatic nitrogens is 4. The van der Waals surface area contributed by atoms with Crippen LogP contribution in [0.15, 0.2) is 63.9 Å². The van der Waals surface area contributed by atoms with Crippen LogP contribution in [0.5, 0.6) is 11.5 Å². The number of halogens is 2. The summed E-state index contributed by atoms with van der Waals surface area (Å²) in [6.45, 7) is 5.68. The van der Waals surface area contributed by atoms with E-state index in [-0.39, 0.29) is 12.0 Å². The van der Waals surface area contributed by atoms with Crippen LogP contribution in [-0.2, 0) is 23.6 Å². The van der Waals surface area contributed by atoms with Crippen LogP contribution in [0.2, 0.25) is 5.02 Å². The molecule has 5 heterocycles. The van der Waals surface area contributed by atoms with Gasteiger partial charge in [-0.05, 0) is 80.7 Å². The van der Waals surface area contributed by atoms with Gasteiger partial charge in [0.1, 0.15) is 11.6 Å². The Hall–Kier alpha value is -4.19. The first-order valence-corrected chi connectivity index (χ1v) is 15.6. The van der Waals surface area contributed by atoms with Crippen LogP contribution in [0, 0.1) is 5.82 Å². The minimum Gasteiger partial charge on any atom is -0.444 e. The predicted octanol–water partition coefficient (Wildman–Crippen LogP) is 5.98. The van der Waals surface area contributed by atoms with Crippen LogP contribution < -0.4 is 15.2 Å². The normalized spacial score (nSPS) is 21.8. The van der Waals surface area contributed by atoms with Gasteiger partial charge in [0, 0.05) is 29.7 Å². The summed E-state index contributed by atoms with van der Waals surface area (Å²) in [5.74, 6) is 0.599. The molecule has 2 aromatic heterocycles. The van der Waals surface area contributed by atoms with Crippen LogP contribution in [0.3, 0.4) is 0 Å². The summed E-state index contributed by atoms with van der Waals surface area (Å²) in [5, 5.41) is 4.17. The van der Waals surface area contributed by atoms with Crippen molar-refractivity contribution in [2.24, 2.45) is 0 Å². The van der Waals surface area contributed by atoms with Crippen LogP contribution in [0.1, 0.15) is 49.1 Å². The number of fused-ring (bicyclic) bond motifs is 2. The summed E-state index contributed by atoms with van der Waals surface area (Å²) < 4.78 is 40.2. The monoisotopic (exact) mass is 631 g/mol. The number of piperidine rings is 1. The zero-order valence-electron chi connectivity index (χ0n) is 24.6.